The van der Waals surface area contributed by atoms with E-state index in [1.807, 2.05) is 0 Å². The van der Waals surface area contributed by atoms with E-state index in [0.29, 0.717) is 0 Å². The summed E-state index contributed by atoms with van der Waals surface area (Å²) in [6.07, 6.45) is 0. The quantitative estimate of drug-likeness (QED) is 0.355. The first-order valence-electron chi connectivity index (χ1n) is 8.10. The fraction of sp³-hybridized carbons (Fsp3) is 0.182. The molecule has 0 aromatic heterocycles. The normalized spacial score (nSPS) is 11.0. The van der Waals surface area contributed by atoms with E-state index in [1.54, 1.807) is 0 Å². The van der Waals surface area contributed by atoms with E-state index in [4.69, 9.17) is 0 Å². The number of hydrogen-bond acceptors (Lipinski definition) is 0. The van der Waals surface area contributed by atoms with Crippen molar-refractivity contribution in [2.45, 2.75) is 20.8 Å². The van der Waals surface area contributed by atoms with Gasteiger partial charge in [0.2, 0.25) is 0 Å². The molecular formula is C22H24AuP+. The summed E-state index contributed by atoms with van der Waals surface area (Å²) in [4.78, 5) is 0. The Bertz CT molecular complexity index is 728. The Morgan fingerprint density at radius 3 is 1.00 bits per heavy atom. The molecule has 1 radical (unpaired) electrons. The second kappa shape index (κ2) is 7.81. The van der Waals surface area contributed by atoms with Gasteiger partial charge in [-0.2, -0.15) is 0 Å². The zero-order valence-corrected chi connectivity index (χ0v) is 17.7. The smallest absolute Gasteiger partial charge is 0.0617 e. The molecule has 0 aliphatic carbocycles. The standard InChI is InChI=1S/C22H24P.Au/c1-17-11-5-8-14-20(17)23(4,21-15-9-6-12-18(21)2)22-16-10-7-13-19(22)3;/h5-16H,1-4H3;/q+1;. The topological polar surface area (TPSA) is 0 Å². The Morgan fingerprint density at radius 2 is 0.750 bits per heavy atom. The largest absolute Gasteiger partial charge is 0.110 e. The van der Waals surface area contributed by atoms with Crippen LogP contribution in [-0.4, -0.2) is 6.66 Å². The summed E-state index contributed by atoms with van der Waals surface area (Å²) >= 11 is 0. The maximum Gasteiger partial charge on any atom is 0.110 e. The molecule has 0 unspecified atom stereocenters. The van der Waals surface area contributed by atoms with Crippen LogP contribution in [0, 0.1) is 20.8 Å². The summed E-state index contributed by atoms with van der Waals surface area (Å²) in [7, 11) is -1.64. The van der Waals surface area contributed by atoms with Gasteiger partial charge in [0.25, 0.3) is 0 Å². The molecule has 0 amide bonds. The average Bonchev–Trinajstić information content (AvgIpc) is 2.55. The minimum atomic E-state index is -1.64. The van der Waals surface area contributed by atoms with Crippen LogP contribution in [0.25, 0.3) is 0 Å². The third kappa shape index (κ3) is 3.30. The van der Waals surface area contributed by atoms with Gasteiger partial charge in [0.05, 0.1) is 6.66 Å². The first-order chi connectivity index (χ1) is 11.0. The van der Waals surface area contributed by atoms with E-state index in [0.717, 1.165) is 0 Å². The van der Waals surface area contributed by atoms with Crippen LogP contribution in [0.4, 0.5) is 0 Å². The number of benzene rings is 3. The van der Waals surface area contributed by atoms with E-state index in [9.17, 15) is 0 Å². The fourth-order valence-corrected chi connectivity index (χ4v) is 7.86. The Labute approximate surface area is 162 Å². The van der Waals surface area contributed by atoms with Gasteiger partial charge in [-0.3, -0.25) is 0 Å². The van der Waals surface area contributed by atoms with Crippen molar-refractivity contribution in [2.75, 3.05) is 6.66 Å². The molecule has 0 atom stereocenters. The van der Waals surface area contributed by atoms with Crippen molar-refractivity contribution in [2.24, 2.45) is 0 Å². The van der Waals surface area contributed by atoms with E-state index in [1.165, 1.54) is 32.6 Å². The van der Waals surface area contributed by atoms with Crippen LogP contribution in [0.3, 0.4) is 0 Å². The van der Waals surface area contributed by atoms with Gasteiger partial charge in [0, 0.05) is 22.4 Å². The molecule has 0 aliphatic rings. The van der Waals surface area contributed by atoms with Crippen LogP contribution in [0.1, 0.15) is 16.7 Å². The molecule has 3 aromatic carbocycles. The summed E-state index contributed by atoms with van der Waals surface area (Å²) in [5, 5.41) is 4.47. The second-order valence-electron chi connectivity index (χ2n) is 6.37. The van der Waals surface area contributed by atoms with Gasteiger partial charge in [-0.1, -0.05) is 54.6 Å². The van der Waals surface area contributed by atoms with Crippen molar-refractivity contribution in [3.63, 3.8) is 0 Å². The maximum absolute atomic E-state index is 2.47. The van der Waals surface area contributed by atoms with Gasteiger partial charge in [-0.15, -0.1) is 0 Å². The van der Waals surface area contributed by atoms with Crippen molar-refractivity contribution < 1.29 is 22.4 Å². The molecule has 0 saturated heterocycles. The van der Waals surface area contributed by atoms with Gasteiger partial charge in [-0.25, -0.2) is 0 Å². The van der Waals surface area contributed by atoms with E-state index >= 15 is 0 Å². The molecule has 0 fully saturated rings. The van der Waals surface area contributed by atoms with Crippen LogP contribution in [0.2, 0.25) is 0 Å². The van der Waals surface area contributed by atoms with Gasteiger partial charge >= 0.3 is 0 Å². The maximum atomic E-state index is 2.47. The predicted molar refractivity (Wildman–Crippen MR) is 105 cm³/mol. The fourth-order valence-electron chi connectivity index (χ4n) is 3.58. The molecule has 24 heavy (non-hydrogen) atoms. The van der Waals surface area contributed by atoms with Crippen LogP contribution < -0.4 is 15.9 Å². The van der Waals surface area contributed by atoms with Crippen LogP contribution >= 0.6 is 7.26 Å². The molecule has 0 heterocycles. The zero-order valence-electron chi connectivity index (χ0n) is 14.7. The van der Waals surface area contributed by atoms with Crippen molar-refractivity contribution in [3.05, 3.63) is 89.5 Å². The number of rotatable bonds is 3. The van der Waals surface area contributed by atoms with Crippen LogP contribution in [-0.2, 0) is 22.4 Å². The molecule has 0 N–H and O–H groups in total. The third-order valence-corrected chi connectivity index (χ3v) is 9.19. The predicted octanol–water partition coefficient (Wildman–Crippen LogP) is 4.53. The Morgan fingerprint density at radius 1 is 0.500 bits per heavy atom. The molecule has 2 heteroatoms. The van der Waals surface area contributed by atoms with Gasteiger partial charge in [-0.05, 0) is 55.7 Å². The van der Waals surface area contributed by atoms with E-state index in [2.05, 4.69) is 100 Å². The molecule has 0 bridgehead atoms. The summed E-state index contributed by atoms with van der Waals surface area (Å²) < 4.78 is 0. The summed E-state index contributed by atoms with van der Waals surface area (Å²) in [6.45, 7) is 9.19. The average molecular weight is 516 g/mol. The minimum absolute atomic E-state index is 0. The Balaban J connectivity index is 0.00000208. The summed E-state index contributed by atoms with van der Waals surface area (Å²) in [5.41, 5.74) is 4.15. The summed E-state index contributed by atoms with van der Waals surface area (Å²) in [6, 6.07) is 26.6. The molecule has 0 spiro atoms. The van der Waals surface area contributed by atoms with Gasteiger partial charge < -0.3 is 0 Å². The van der Waals surface area contributed by atoms with E-state index < -0.39 is 7.26 Å². The SMILES string of the molecule is Cc1ccccc1[P+](C)(c1ccccc1C)c1ccccc1C.[Au]. The van der Waals surface area contributed by atoms with Crippen LogP contribution in [0.5, 0.6) is 0 Å². The first kappa shape index (κ1) is 19.2. The zero-order chi connectivity index (χ0) is 16.4. The molecule has 0 nitrogen and oxygen atoms in total. The molecule has 3 rings (SSSR count). The monoisotopic (exact) mass is 516 g/mol. The molecule has 0 saturated carbocycles. The minimum Gasteiger partial charge on any atom is -0.0617 e. The molecule has 3 aromatic rings. The molecular weight excluding hydrogens is 492 g/mol. The van der Waals surface area contributed by atoms with Gasteiger partial charge in [0.15, 0.2) is 0 Å². The third-order valence-electron chi connectivity index (χ3n) is 4.79. The van der Waals surface area contributed by atoms with Crippen molar-refractivity contribution in [1.29, 1.82) is 0 Å². The molecule has 127 valence electrons. The van der Waals surface area contributed by atoms with Crippen LogP contribution in [0.15, 0.2) is 72.8 Å². The first-order valence-corrected chi connectivity index (χ1v) is 10.3. The number of aryl methyl sites for hydroxylation is 3. The van der Waals surface area contributed by atoms with Crippen molar-refractivity contribution in [1.82, 2.24) is 0 Å². The number of hydrogen-bond donors (Lipinski definition) is 0. The van der Waals surface area contributed by atoms with E-state index in [-0.39, 0.29) is 22.4 Å². The van der Waals surface area contributed by atoms with Crippen molar-refractivity contribution in [3.8, 4) is 0 Å². The van der Waals surface area contributed by atoms with Crippen molar-refractivity contribution >= 4 is 23.2 Å². The molecule has 0 aliphatic heterocycles. The second-order valence-corrected chi connectivity index (χ2v) is 9.82. The van der Waals surface area contributed by atoms with Gasteiger partial charge in [0.1, 0.15) is 23.2 Å². The Hall–Kier alpha value is -1.17. The Kier molecular flexibility index (Phi) is 6.23. The summed E-state index contributed by atoms with van der Waals surface area (Å²) in [5.74, 6) is 0.